The van der Waals surface area contributed by atoms with Gasteiger partial charge in [-0.05, 0) is 19.1 Å². The van der Waals surface area contributed by atoms with E-state index in [1.54, 1.807) is 12.1 Å². The van der Waals surface area contributed by atoms with E-state index >= 15 is 0 Å². The van der Waals surface area contributed by atoms with Crippen LogP contribution in [0.15, 0.2) is 18.2 Å². The summed E-state index contributed by atoms with van der Waals surface area (Å²) in [5.74, 6) is -0.352. The van der Waals surface area contributed by atoms with Crippen molar-refractivity contribution < 1.29 is 4.39 Å². The van der Waals surface area contributed by atoms with Crippen molar-refractivity contribution in [3.63, 3.8) is 0 Å². The normalized spacial score (nSPS) is 9.56. The summed E-state index contributed by atoms with van der Waals surface area (Å²) >= 11 is 0. The molecule has 0 aliphatic carbocycles. The van der Waals surface area contributed by atoms with E-state index in [9.17, 15) is 4.39 Å². The van der Waals surface area contributed by atoms with Crippen molar-refractivity contribution in [2.75, 3.05) is 5.73 Å². The highest BCUT2D eigenvalue weighted by atomic mass is 19.1. The number of rotatable bonds is 0. The molecule has 0 atom stereocenters. The summed E-state index contributed by atoms with van der Waals surface area (Å²) in [7, 11) is 0. The Hall–Kier alpha value is -1.05. The minimum Gasteiger partial charge on any atom is -0.398 e. The largest absolute Gasteiger partial charge is 0.398 e. The van der Waals surface area contributed by atoms with E-state index in [1.165, 1.54) is 6.07 Å². The SMILES string of the molecule is [CH2]c1c(N)cccc1F. The lowest BCUT2D eigenvalue weighted by molar-refractivity contribution is 0.623. The molecule has 0 spiro atoms. The molecule has 2 N–H and O–H groups in total. The molecule has 1 aromatic carbocycles. The fourth-order valence-electron chi connectivity index (χ4n) is 0.575. The van der Waals surface area contributed by atoms with Crippen LogP contribution in [0.25, 0.3) is 0 Å². The Kier molecular flexibility index (Phi) is 1.39. The van der Waals surface area contributed by atoms with Gasteiger partial charge in [-0.15, -0.1) is 0 Å². The Morgan fingerprint density at radius 3 is 2.56 bits per heavy atom. The minimum absolute atomic E-state index is 0.275. The molecule has 0 aliphatic heterocycles. The van der Waals surface area contributed by atoms with Gasteiger partial charge in [-0.3, -0.25) is 0 Å². The van der Waals surface area contributed by atoms with Crippen molar-refractivity contribution in [3.8, 4) is 0 Å². The second kappa shape index (κ2) is 2.05. The standard InChI is InChI=1S/C7H7FN/c1-5-6(8)3-2-4-7(5)9/h2-4H,1,9H2. The fourth-order valence-corrected chi connectivity index (χ4v) is 0.575. The van der Waals surface area contributed by atoms with Crippen molar-refractivity contribution in [1.82, 2.24) is 0 Å². The number of hydrogen-bond donors (Lipinski definition) is 1. The van der Waals surface area contributed by atoms with Gasteiger partial charge in [0.2, 0.25) is 0 Å². The lowest BCUT2D eigenvalue weighted by Crippen LogP contribution is -1.90. The first-order valence-electron chi connectivity index (χ1n) is 2.58. The molecule has 1 radical (unpaired) electrons. The number of halogens is 1. The van der Waals surface area contributed by atoms with Crippen LogP contribution in [0.1, 0.15) is 5.56 Å². The number of nitrogen functional groups attached to an aromatic ring is 1. The molecule has 0 amide bonds. The summed E-state index contributed by atoms with van der Waals surface area (Å²) in [6, 6.07) is 4.50. The maximum Gasteiger partial charge on any atom is 0.128 e. The van der Waals surface area contributed by atoms with E-state index in [1.807, 2.05) is 0 Å². The molecule has 1 aromatic rings. The summed E-state index contributed by atoms with van der Waals surface area (Å²) in [6.45, 7) is 3.42. The molecule has 0 saturated heterocycles. The van der Waals surface area contributed by atoms with Gasteiger partial charge in [0.15, 0.2) is 0 Å². The molecule has 0 aliphatic rings. The highest BCUT2D eigenvalue weighted by Gasteiger charge is 1.96. The molecule has 0 aromatic heterocycles. The van der Waals surface area contributed by atoms with Crippen molar-refractivity contribution in [1.29, 1.82) is 0 Å². The Morgan fingerprint density at radius 1 is 1.44 bits per heavy atom. The lowest BCUT2D eigenvalue weighted by Gasteiger charge is -1.97. The van der Waals surface area contributed by atoms with Crippen molar-refractivity contribution in [2.45, 2.75) is 0 Å². The number of benzene rings is 1. The Morgan fingerprint density at radius 2 is 2.11 bits per heavy atom. The van der Waals surface area contributed by atoms with Crippen LogP contribution in [0.3, 0.4) is 0 Å². The van der Waals surface area contributed by atoms with Crippen LogP contribution in [0.4, 0.5) is 10.1 Å². The van der Waals surface area contributed by atoms with Crippen molar-refractivity contribution in [2.24, 2.45) is 0 Å². The first kappa shape index (κ1) is 6.08. The third-order valence-electron chi connectivity index (χ3n) is 1.16. The second-order valence-electron chi connectivity index (χ2n) is 1.81. The zero-order valence-corrected chi connectivity index (χ0v) is 4.89. The summed E-state index contributed by atoms with van der Waals surface area (Å²) in [5.41, 5.74) is 5.99. The molecule has 2 heteroatoms. The van der Waals surface area contributed by atoms with E-state index < -0.39 is 0 Å². The van der Waals surface area contributed by atoms with E-state index in [0.29, 0.717) is 5.69 Å². The predicted molar refractivity (Wildman–Crippen MR) is 35.3 cm³/mol. The quantitative estimate of drug-likeness (QED) is 0.522. The fraction of sp³-hybridized carbons (Fsp3) is 0. The lowest BCUT2D eigenvalue weighted by atomic mass is 10.2. The molecule has 0 heterocycles. The van der Waals surface area contributed by atoms with Crippen molar-refractivity contribution >= 4 is 5.69 Å². The second-order valence-corrected chi connectivity index (χ2v) is 1.81. The molecule has 0 saturated carbocycles. The van der Waals surface area contributed by atoms with Gasteiger partial charge in [0.25, 0.3) is 0 Å². The Labute approximate surface area is 53.3 Å². The highest BCUT2D eigenvalue weighted by molar-refractivity contribution is 5.48. The van der Waals surface area contributed by atoms with Crippen molar-refractivity contribution in [3.05, 3.63) is 36.5 Å². The molecule has 9 heavy (non-hydrogen) atoms. The average Bonchev–Trinajstić information content (AvgIpc) is 1.83. The molecular formula is C7H7FN. The average molecular weight is 124 g/mol. The van der Waals surface area contributed by atoms with E-state index in [0.717, 1.165) is 0 Å². The minimum atomic E-state index is -0.352. The zero-order chi connectivity index (χ0) is 6.85. The van der Waals surface area contributed by atoms with E-state index in [2.05, 4.69) is 6.92 Å². The maximum absolute atomic E-state index is 12.4. The number of anilines is 1. The maximum atomic E-state index is 12.4. The van der Waals surface area contributed by atoms with Gasteiger partial charge in [0, 0.05) is 11.3 Å². The van der Waals surface area contributed by atoms with Crippen LogP contribution in [0.5, 0.6) is 0 Å². The summed E-state index contributed by atoms with van der Waals surface area (Å²) in [5, 5.41) is 0. The third-order valence-corrected chi connectivity index (χ3v) is 1.16. The summed E-state index contributed by atoms with van der Waals surface area (Å²) < 4.78 is 12.4. The Bertz CT molecular complexity index is 200. The van der Waals surface area contributed by atoms with Gasteiger partial charge in [-0.2, -0.15) is 0 Å². The van der Waals surface area contributed by atoms with Crippen LogP contribution in [0, 0.1) is 12.7 Å². The topological polar surface area (TPSA) is 26.0 Å². The van der Waals surface area contributed by atoms with Crippen LogP contribution in [0.2, 0.25) is 0 Å². The molecule has 0 bridgehead atoms. The van der Waals surface area contributed by atoms with Gasteiger partial charge in [0.05, 0.1) is 0 Å². The zero-order valence-electron chi connectivity index (χ0n) is 4.89. The molecule has 1 rings (SSSR count). The highest BCUT2D eigenvalue weighted by Crippen LogP contribution is 2.12. The van der Waals surface area contributed by atoms with Crippen LogP contribution < -0.4 is 5.73 Å². The molecular weight excluding hydrogens is 117 g/mol. The van der Waals surface area contributed by atoms with Crippen LogP contribution in [-0.2, 0) is 0 Å². The van der Waals surface area contributed by atoms with Gasteiger partial charge >= 0.3 is 0 Å². The molecule has 47 valence electrons. The van der Waals surface area contributed by atoms with Gasteiger partial charge in [0.1, 0.15) is 5.82 Å². The summed E-state index contributed by atoms with van der Waals surface area (Å²) in [4.78, 5) is 0. The van der Waals surface area contributed by atoms with Gasteiger partial charge in [-0.1, -0.05) is 6.07 Å². The van der Waals surface area contributed by atoms with Gasteiger partial charge < -0.3 is 5.73 Å². The van der Waals surface area contributed by atoms with E-state index in [-0.39, 0.29) is 11.4 Å². The summed E-state index contributed by atoms with van der Waals surface area (Å²) in [6.07, 6.45) is 0. The molecule has 1 nitrogen and oxygen atoms in total. The van der Waals surface area contributed by atoms with E-state index in [4.69, 9.17) is 5.73 Å². The first-order valence-corrected chi connectivity index (χ1v) is 2.58. The number of nitrogens with two attached hydrogens (primary N) is 1. The van der Waals surface area contributed by atoms with Gasteiger partial charge in [-0.25, -0.2) is 4.39 Å². The molecule has 0 unspecified atom stereocenters. The first-order chi connectivity index (χ1) is 4.22. The monoisotopic (exact) mass is 124 g/mol. The number of hydrogen-bond acceptors (Lipinski definition) is 1. The Balaban J connectivity index is 3.25. The molecule has 0 fully saturated rings. The van der Waals surface area contributed by atoms with Crippen LogP contribution >= 0.6 is 0 Å². The predicted octanol–water partition coefficient (Wildman–Crippen LogP) is 1.59. The van der Waals surface area contributed by atoms with Crippen LogP contribution in [-0.4, -0.2) is 0 Å². The third kappa shape index (κ3) is 1.02. The smallest absolute Gasteiger partial charge is 0.128 e.